The molecule has 0 saturated carbocycles. The SMILES string of the molecule is C/C(N)=C(/C#N)C(=O)CSc1nnnn1Cc1ccco1. The highest BCUT2D eigenvalue weighted by atomic mass is 32.2. The van der Waals surface area contributed by atoms with Gasteiger partial charge in [0.15, 0.2) is 5.78 Å². The molecule has 2 aromatic rings. The first-order valence-corrected chi connectivity index (χ1v) is 6.91. The molecule has 0 radical (unpaired) electrons. The monoisotopic (exact) mass is 304 g/mol. The fraction of sp³-hybridized carbons (Fsp3) is 0.250. The Morgan fingerprint density at radius 1 is 1.62 bits per heavy atom. The van der Waals surface area contributed by atoms with Gasteiger partial charge < -0.3 is 10.2 Å². The number of allylic oxidation sites excluding steroid dienone is 2. The Bertz CT molecular complexity index is 694. The Morgan fingerprint density at radius 2 is 2.43 bits per heavy atom. The van der Waals surface area contributed by atoms with Crippen molar-refractivity contribution in [2.24, 2.45) is 5.73 Å². The van der Waals surface area contributed by atoms with Gasteiger partial charge in [-0.25, -0.2) is 4.68 Å². The van der Waals surface area contributed by atoms with E-state index < -0.39 is 0 Å². The van der Waals surface area contributed by atoms with Gasteiger partial charge in [-0.2, -0.15) is 5.26 Å². The van der Waals surface area contributed by atoms with Gasteiger partial charge in [0.1, 0.15) is 23.9 Å². The Kier molecular flexibility index (Phi) is 4.73. The Balaban J connectivity index is 2.02. The molecule has 21 heavy (non-hydrogen) atoms. The maximum atomic E-state index is 11.9. The van der Waals surface area contributed by atoms with Crippen LogP contribution in [0.5, 0.6) is 0 Å². The molecule has 0 atom stereocenters. The molecule has 0 aliphatic rings. The fourth-order valence-corrected chi connectivity index (χ4v) is 2.27. The van der Waals surface area contributed by atoms with Crippen LogP contribution in [-0.4, -0.2) is 31.7 Å². The van der Waals surface area contributed by atoms with E-state index in [-0.39, 0.29) is 22.8 Å². The van der Waals surface area contributed by atoms with Crippen LogP contribution in [0, 0.1) is 11.3 Å². The molecule has 8 nitrogen and oxygen atoms in total. The highest BCUT2D eigenvalue weighted by molar-refractivity contribution is 7.99. The van der Waals surface area contributed by atoms with E-state index in [9.17, 15) is 4.79 Å². The van der Waals surface area contributed by atoms with Crippen LogP contribution in [0.25, 0.3) is 0 Å². The van der Waals surface area contributed by atoms with E-state index in [1.807, 2.05) is 0 Å². The molecule has 0 fully saturated rings. The van der Waals surface area contributed by atoms with E-state index in [0.717, 1.165) is 11.8 Å². The number of Topliss-reactive ketones (excluding diaryl/α,β-unsaturated/α-hetero) is 1. The third-order valence-electron chi connectivity index (χ3n) is 2.50. The number of thioether (sulfide) groups is 1. The molecular weight excluding hydrogens is 292 g/mol. The van der Waals surface area contributed by atoms with Crippen molar-refractivity contribution < 1.29 is 9.21 Å². The van der Waals surface area contributed by atoms with Gasteiger partial charge >= 0.3 is 0 Å². The molecule has 0 spiro atoms. The number of rotatable bonds is 6. The van der Waals surface area contributed by atoms with Crippen molar-refractivity contribution in [2.45, 2.75) is 18.6 Å². The van der Waals surface area contributed by atoms with Gasteiger partial charge in [0.2, 0.25) is 5.16 Å². The van der Waals surface area contributed by atoms with Gasteiger partial charge in [0.25, 0.3) is 0 Å². The Morgan fingerprint density at radius 3 is 3.05 bits per heavy atom. The van der Waals surface area contributed by atoms with Gasteiger partial charge in [0, 0.05) is 5.70 Å². The number of carbonyl (C=O) groups excluding carboxylic acids is 1. The topological polar surface area (TPSA) is 124 Å². The summed E-state index contributed by atoms with van der Waals surface area (Å²) >= 11 is 1.14. The van der Waals surface area contributed by atoms with E-state index in [1.165, 1.54) is 11.6 Å². The number of ketones is 1. The number of tetrazole rings is 1. The smallest absolute Gasteiger partial charge is 0.210 e. The molecule has 2 heterocycles. The molecule has 0 aromatic carbocycles. The van der Waals surface area contributed by atoms with Crippen LogP contribution in [-0.2, 0) is 11.3 Å². The van der Waals surface area contributed by atoms with Crippen molar-refractivity contribution in [1.82, 2.24) is 20.2 Å². The minimum atomic E-state index is -0.352. The lowest BCUT2D eigenvalue weighted by atomic mass is 10.2. The van der Waals surface area contributed by atoms with Crippen LogP contribution in [0.3, 0.4) is 0 Å². The highest BCUT2D eigenvalue weighted by Gasteiger charge is 2.15. The van der Waals surface area contributed by atoms with E-state index in [2.05, 4.69) is 15.5 Å². The van der Waals surface area contributed by atoms with Gasteiger partial charge in [0.05, 0.1) is 12.0 Å². The van der Waals surface area contributed by atoms with Crippen LogP contribution in [0.1, 0.15) is 12.7 Å². The molecule has 2 N–H and O–H groups in total. The van der Waals surface area contributed by atoms with Gasteiger partial charge in [-0.1, -0.05) is 11.8 Å². The minimum Gasteiger partial charge on any atom is -0.467 e. The predicted molar refractivity (Wildman–Crippen MR) is 73.9 cm³/mol. The normalized spacial score (nSPS) is 11.8. The molecule has 0 aliphatic heterocycles. The third kappa shape index (κ3) is 3.70. The van der Waals surface area contributed by atoms with Crippen molar-refractivity contribution in [2.75, 3.05) is 5.75 Å². The molecule has 2 aromatic heterocycles. The molecule has 108 valence electrons. The zero-order chi connectivity index (χ0) is 15.2. The van der Waals surface area contributed by atoms with Crippen LogP contribution in [0.2, 0.25) is 0 Å². The van der Waals surface area contributed by atoms with Crippen LogP contribution in [0.15, 0.2) is 39.2 Å². The number of furan rings is 1. The predicted octanol–water partition coefficient (Wildman–Crippen LogP) is 0.732. The summed E-state index contributed by atoms with van der Waals surface area (Å²) < 4.78 is 6.73. The van der Waals surface area contributed by atoms with Crippen LogP contribution in [0.4, 0.5) is 0 Å². The Hall–Kier alpha value is -2.60. The van der Waals surface area contributed by atoms with Crippen LogP contribution < -0.4 is 5.73 Å². The lowest BCUT2D eigenvalue weighted by molar-refractivity contribution is -0.112. The fourth-order valence-electron chi connectivity index (χ4n) is 1.52. The second kappa shape index (κ2) is 6.71. The summed E-state index contributed by atoms with van der Waals surface area (Å²) in [5.74, 6) is 0.386. The molecule has 0 aliphatic carbocycles. The molecule has 0 saturated heterocycles. The second-order valence-electron chi connectivity index (χ2n) is 4.08. The average molecular weight is 304 g/mol. The number of nitrogens with zero attached hydrogens (tertiary/aromatic N) is 5. The minimum absolute atomic E-state index is 0.0347. The standard InChI is InChI=1S/C12H12N6O2S/c1-8(14)10(5-13)11(19)7-21-12-15-16-17-18(12)6-9-3-2-4-20-9/h2-4H,6-7,14H2,1H3/b10-8+. The zero-order valence-corrected chi connectivity index (χ0v) is 12.0. The third-order valence-corrected chi connectivity index (χ3v) is 3.46. The van der Waals surface area contributed by atoms with Crippen molar-refractivity contribution in [3.05, 3.63) is 35.4 Å². The van der Waals surface area contributed by atoms with Gasteiger partial charge in [-0.3, -0.25) is 4.79 Å². The molecule has 9 heteroatoms. The van der Waals surface area contributed by atoms with Crippen molar-refractivity contribution >= 4 is 17.5 Å². The van der Waals surface area contributed by atoms with E-state index >= 15 is 0 Å². The van der Waals surface area contributed by atoms with Gasteiger partial charge in [-0.05, 0) is 29.5 Å². The largest absolute Gasteiger partial charge is 0.467 e. The summed E-state index contributed by atoms with van der Waals surface area (Å²) in [7, 11) is 0. The molecular formula is C12H12N6O2S. The lowest BCUT2D eigenvalue weighted by Crippen LogP contribution is -2.11. The van der Waals surface area contributed by atoms with E-state index in [0.29, 0.717) is 17.5 Å². The molecule has 0 amide bonds. The van der Waals surface area contributed by atoms with E-state index in [4.69, 9.17) is 15.4 Å². The summed E-state index contributed by atoms with van der Waals surface area (Å²) in [4.78, 5) is 11.9. The Labute approximate surface area is 124 Å². The van der Waals surface area contributed by atoms with E-state index in [1.54, 1.807) is 24.5 Å². The number of nitrogens with two attached hydrogens (primary N) is 1. The first-order valence-electron chi connectivity index (χ1n) is 5.92. The maximum absolute atomic E-state index is 11.9. The average Bonchev–Trinajstić information content (AvgIpc) is 3.09. The number of hydrogen-bond donors (Lipinski definition) is 1. The van der Waals surface area contributed by atoms with Crippen molar-refractivity contribution in [1.29, 1.82) is 5.26 Å². The number of carbonyl (C=O) groups is 1. The second-order valence-corrected chi connectivity index (χ2v) is 5.02. The summed E-state index contributed by atoms with van der Waals surface area (Å²) in [5, 5.41) is 20.6. The molecule has 0 unspecified atom stereocenters. The summed E-state index contributed by atoms with van der Waals surface area (Å²) in [5.41, 5.74) is 5.66. The summed E-state index contributed by atoms with van der Waals surface area (Å²) in [6.45, 7) is 1.88. The number of nitriles is 1. The first kappa shape index (κ1) is 14.8. The van der Waals surface area contributed by atoms with Gasteiger partial charge in [-0.15, -0.1) is 5.10 Å². The first-order chi connectivity index (χ1) is 10.1. The van der Waals surface area contributed by atoms with Crippen molar-refractivity contribution in [3.8, 4) is 6.07 Å². The number of aromatic nitrogens is 4. The summed E-state index contributed by atoms with van der Waals surface area (Å²) in [6, 6.07) is 5.37. The molecule has 2 rings (SSSR count). The zero-order valence-electron chi connectivity index (χ0n) is 11.2. The molecule has 0 bridgehead atoms. The van der Waals surface area contributed by atoms with Crippen LogP contribution >= 0.6 is 11.8 Å². The quantitative estimate of drug-likeness (QED) is 0.470. The maximum Gasteiger partial charge on any atom is 0.210 e. The lowest BCUT2D eigenvalue weighted by Gasteiger charge is -2.02. The summed E-state index contributed by atoms with van der Waals surface area (Å²) in [6.07, 6.45) is 1.56. The number of hydrogen-bond acceptors (Lipinski definition) is 8. The highest BCUT2D eigenvalue weighted by Crippen LogP contribution is 2.17. The van der Waals surface area contributed by atoms with Crippen molar-refractivity contribution in [3.63, 3.8) is 0 Å².